The Morgan fingerprint density at radius 1 is 0.947 bits per heavy atom. The first-order chi connectivity index (χ1) is 8.99. The molecule has 0 saturated carbocycles. The number of hydrogen-bond acceptors (Lipinski definition) is 8. The van der Waals surface area contributed by atoms with E-state index < -0.39 is 12.5 Å². The van der Waals surface area contributed by atoms with E-state index in [1.54, 1.807) is 0 Å². The van der Waals surface area contributed by atoms with Crippen LogP contribution in [-0.4, -0.2) is 37.6 Å². The van der Waals surface area contributed by atoms with E-state index in [4.69, 9.17) is 11.5 Å². The monoisotopic (exact) mass is 270 g/mol. The molecule has 0 aliphatic rings. The molecule has 8 heteroatoms. The highest BCUT2D eigenvalue weighted by molar-refractivity contribution is 5.40. The third-order valence-electron chi connectivity index (χ3n) is 2.63. The predicted octanol–water partition coefficient (Wildman–Crippen LogP) is 0.0794. The number of rotatable bonds is 7. The van der Waals surface area contributed by atoms with Gasteiger partial charge in [-0.1, -0.05) is 26.7 Å². The number of anilines is 3. The molecule has 2 unspecified atom stereocenters. The highest BCUT2D eigenvalue weighted by atomic mass is 16.3. The SMILES string of the molecule is CCCC(O)N(c1nc(N)nc(N)n1)C(O)CCC. The van der Waals surface area contributed by atoms with Crippen LogP contribution in [0.2, 0.25) is 0 Å². The number of aliphatic hydroxyl groups excluding tert-OH is 2. The molecule has 0 aliphatic carbocycles. The molecule has 8 nitrogen and oxygen atoms in total. The first-order valence-electron chi connectivity index (χ1n) is 6.41. The van der Waals surface area contributed by atoms with Gasteiger partial charge in [-0.05, 0) is 12.8 Å². The molecule has 1 rings (SSSR count). The molecule has 0 radical (unpaired) electrons. The normalized spacial score (nSPS) is 14.1. The molecule has 1 aromatic heterocycles. The van der Waals surface area contributed by atoms with E-state index in [-0.39, 0.29) is 17.8 Å². The minimum Gasteiger partial charge on any atom is -0.373 e. The second-order valence-electron chi connectivity index (χ2n) is 4.30. The Balaban J connectivity index is 3.06. The number of aromatic nitrogens is 3. The molecule has 0 amide bonds. The third kappa shape index (κ3) is 4.18. The molecule has 1 aromatic rings. The van der Waals surface area contributed by atoms with E-state index in [1.807, 2.05) is 13.8 Å². The molecule has 0 aliphatic heterocycles. The van der Waals surface area contributed by atoms with Crippen molar-refractivity contribution in [3.05, 3.63) is 0 Å². The van der Waals surface area contributed by atoms with Crippen molar-refractivity contribution in [1.29, 1.82) is 0 Å². The average Bonchev–Trinajstić information content (AvgIpc) is 2.28. The summed E-state index contributed by atoms with van der Waals surface area (Å²) < 4.78 is 0. The molecular weight excluding hydrogens is 248 g/mol. The Kier molecular flexibility index (Phi) is 5.71. The van der Waals surface area contributed by atoms with Crippen molar-refractivity contribution < 1.29 is 10.2 Å². The maximum atomic E-state index is 10.1. The van der Waals surface area contributed by atoms with Gasteiger partial charge in [0, 0.05) is 0 Å². The van der Waals surface area contributed by atoms with Gasteiger partial charge in [-0.25, -0.2) is 0 Å². The highest BCUT2D eigenvalue weighted by Crippen LogP contribution is 2.19. The van der Waals surface area contributed by atoms with Gasteiger partial charge in [-0.3, -0.25) is 4.90 Å². The van der Waals surface area contributed by atoms with Crippen molar-refractivity contribution in [2.45, 2.75) is 52.0 Å². The summed E-state index contributed by atoms with van der Waals surface area (Å²) >= 11 is 0. The molecule has 0 bridgehead atoms. The van der Waals surface area contributed by atoms with Gasteiger partial charge in [0.05, 0.1) is 0 Å². The molecule has 19 heavy (non-hydrogen) atoms. The average molecular weight is 270 g/mol. The fraction of sp³-hybridized carbons (Fsp3) is 0.727. The summed E-state index contributed by atoms with van der Waals surface area (Å²) in [5.41, 5.74) is 11.0. The van der Waals surface area contributed by atoms with Gasteiger partial charge in [0.15, 0.2) is 0 Å². The number of nitrogen functional groups attached to an aromatic ring is 2. The molecule has 2 atom stereocenters. The quantitative estimate of drug-likeness (QED) is 0.512. The van der Waals surface area contributed by atoms with Crippen LogP contribution in [-0.2, 0) is 0 Å². The summed E-state index contributed by atoms with van der Waals surface area (Å²) in [6.07, 6.45) is 0.679. The molecule has 1 heterocycles. The second-order valence-corrected chi connectivity index (χ2v) is 4.30. The standard InChI is InChI=1S/C11H22N6O2/c1-3-5-7(18)17(8(19)6-4-2)11-15-9(12)14-10(13)16-11/h7-8,18-19H,3-6H2,1-2H3,(H4,12,13,14,15,16). The first kappa shape index (κ1) is 15.4. The van der Waals surface area contributed by atoms with Crippen LogP contribution in [0.3, 0.4) is 0 Å². The van der Waals surface area contributed by atoms with Crippen molar-refractivity contribution >= 4 is 17.8 Å². The maximum Gasteiger partial charge on any atom is 0.236 e. The second kappa shape index (κ2) is 7.05. The van der Waals surface area contributed by atoms with Gasteiger partial charge in [0.25, 0.3) is 0 Å². The Morgan fingerprint density at radius 3 is 1.74 bits per heavy atom. The zero-order chi connectivity index (χ0) is 14.4. The van der Waals surface area contributed by atoms with Crippen LogP contribution in [0.25, 0.3) is 0 Å². The lowest BCUT2D eigenvalue weighted by atomic mass is 10.2. The topological polar surface area (TPSA) is 134 Å². The minimum atomic E-state index is -0.896. The molecule has 0 spiro atoms. The van der Waals surface area contributed by atoms with Gasteiger partial charge in [0.2, 0.25) is 17.8 Å². The van der Waals surface area contributed by atoms with Crippen LogP contribution in [0.4, 0.5) is 17.8 Å². The Bertz CT molecular complexity index is 371. The minimum absolute atomic E-state index is 0.0418. The zero-order valence-electron chi connectivity index (χ0n) is 11.3. The van der Waals surface area contributed by atoms with E-state index in [1.165, 1.54) is 4.90 Å². The molecule has 6 N–H and O–H groups in total. The highest BCUT2D eigenvalue weighted by Gasteiger charge is 2.25. The molecule has 108 valence electrons. The molecule has 0 saturated heterocycles. The van der Waals surface area contributed by atoms with Crippen molar-refractivity contribution in [2.24, 2.45) is 0 Å². The third-order valence-corrected chi connectivity index (χ3v) is 2.63. The maximum absolute atomic E-state index is 10.1. The summed E-state index contributed by atoms with van der Waals surface area (Å²) in [6, 6.07) is 0. The van der Waals surface area contributed by atoms with E-state index in [9.17, 15) is 10.2 Å². The summed E-state index contributed by atoms with van der Waals surface area (Å²) in [5, 5.41) is 20.3. The lowest BCUT2D eigenvalue weighted by molar-refractivity contribution is 0.0716. The van der Waals surface area contributed by atoms with Crippen LogP contribution in [0, 0.1) is 0 Å². The van der Waals surface area contributed by atoms with Crippen LogP contribution >= 0.6 is 0 Å². The van der Waals surface area contributed by atoms with Gasteiger partial charge >= 0.3 is 0 Å². The molecule has 0 aromatic carbocycles. The van der Waals surface area contributed by atoms with Gasteiger partial charge in [0.1, 0.15) is 12.5 Å². The number of hydrogen-bond donors (Lipinski definition) is 4. The summed E-state index contributed by atoms with van der Waals surface area (Å²) in [5.74, 6) is 0.00620. The first-order valence-corrected chi connectivity index (χ1v) is 6.41. The van der Waals surface area contributed by atoms with Crippen LogP contribution in [0.15, 0.2) is 0 Å². The molecule has 0 fully saturated rings. The lowest BCUT2D eigenvalue weighted by Gasteiger charge is -2.32. The van der Waals surface area contributed by atoms with Crippen LogP contribution in [0.5, 0.6) is 0 Å². The molecular formula is C11H22N6O2. The largest absolute Gasteiger partial charge is 0.373 e. The number of nitrogens with two attached hydrogens (primary N) is 2. The van der Waals surface area contributed by atoms with E-state index in [0.717, 1.165) is 12.8 Å². The number of nitrogens with zero attached hydrogens (tertiary/aromatic N) is 4. The van der Waals surface area contributed by atoms with Crippen LogP contribution < -0.4 is 16.4 Å². The summed E-state index contributed by atoms with van der Waals surface area (Å²) in [7, 11) is 0. The van der Waals surface area contributed by atoms with Crippen LogP contribution in [0.1, 0.15) is 39.5 Å². The van der Waals surface area contributed by atoms with Crippen molar-refractivity contribution in [2.75, 3.05) is 16.4 Å². The summed E-state index contributed by atoms with van der Waals surface area (Å²) in [6.45, 7) is 3.87. The Morgan fingerprint density at radius 2 is 1.37 bits per heavy atom. The lowest BCUT2D eigenvalue weighted by Crippen LogP contribution is -2.44. The van der Waals surface area contributed by atoms with Crippen molar-refractivity contribution in [3.63, 3.8) is 0 Å². The van der Waals surface area contributed by atoms with E-state index in [2.05, 4.69) is 15.0 Å². The van der Waals surface area contributed by atoms with Gasteiger partial charge in [-0.15, -0.1) is 0 Å². The summed E-state index contributed by atoms with van der Waals surface area (Å²) in [4.78, 5) is 12.8. The fourth-order valence-electron chi connectivity index (χ4n) is 1.77. The van der Waals surface area contributed by atoms with Crippen molar-refractivity contribution in [3.8, 4) is 0 Å². The van der Waals surface area contributed by atoms with E-state index in [0.29, 0.717) is 12.8 Å². The predicted molar refractivity (Wildman–Crippen MR) is 73.0 cm³/mol. The fourth-order valence-corrected chi connectivity index (χ4v) is 1.77. The van der Waals surface area contributed by atoms with Crippen molar-refractivity contribution in [1.82, 2.24) is 15.0 Å². The van der Waals surface area contributed by atoms with Gasteiger partial charge < -0.3 is 21.7 Å². The Hall–Kier alpha value is -1.67. The number of aliphatic hydroxyl groups is 2. The van der Waals surface area contributed by atoms with E-state index >= 15 is 0 Å². The smallest absolute Gasteiger partial charge is 0.236 e. The Labute approximate surface area is 112 Å². The van der Waals surface area contributed by atoms with Gasteiger partial charge in [-0.2, -0.15) is 15.0 Å². The zero-order valence-corrected chi connectivity index (χ0v) is 11.3.